The van der Waals surface area contributed by atoms with Gasteiger partial charge in [0.25, 0.3) is 5.91 Å². The average Bonchev–Trinajstić information content (AvgIpc) is 2.82. The summed E-state index contributed by atoms with van der Waals surface area (Å²) < 4.78 is 18.4. The monoisotopic (exact) mass is 541 g/mol. The maximum Gasteiger partial charge on any atom is 0.306 e. The SMILES string of the molecule is CCCC(CN1C(=O)C(CC(=O)O)OCC1c1ccc(Cl)cc1)S(=O)C(C)C.Clc1ccccc1. The first kappa shape index (κ1) is 29.3. The molecule has 0 radical (unpaired) electrons. The van der Waals surface area contributed by atoms with Crippen LogP contribution in [0.4, 0.5) is 0 Å². The summed E-state index contributed by atoms with van der Waals surface area (Å²) in [4.78, 5) is 25.8. The van der Waals surface area contributed by atoms with Crippen LogP contribution in [-0.2, 0) is 25.1 Å². The molecule has 1 aliphatic heterocycles. The Morgan fingerprint density at radius 1 is 1.11 bits per heavy atom. The molecule has 0 aliphatic carbocycles. The van der Waals surface area contributed by atoms with Gasteiger partial charge in [0.15, 0.2) is 0 Å². The van der Waals surface area contributed by atoms with Crippen molar-refractivity contribution >= 4 is 45.9 Å². The maximum atomic E-state index is 13.1. The molecule has 1 heterocycles. The van der Waals surface area contributed by atoms with E-state index >= 15 is 0 Å². The molecule has 3 rings (SSSR count). The second-order valence-corrected chi connectivity index (χ2v) is 11.7. The summed E-state index contributed by atoms with van der Waals surface area (Å²) in [7, 11) is -1.10. The van der Waals surface area contributed by atoms with Crippen LogP contribution in [0.2, 0.25) is 10.0 Å². The average molecular weight is 543 g/mol. The number of carbonyl (C=O) groups is 2. The molecule has 1 aliphatic rings. The molecule has 4 unspecified atom stereocenters. The molecule has 0 spiro atoms. The van der Waals surface area contributed by atoms with Crippen molar-refractivity contribution in [2.24, 2.45) is 0 Å². The number of carboxylic acids is 1. The number of hydrogen-bond donors (Lipinski definition) is 1. The summed E-state index contributed by atoms with van der Waals surface area (Å²) in [5, 5.41) is 10.3. The molecule has 2 aromatic rings. The van der Waals surface area contributed by atoms with Gasteiger partial charge in [0.1, 0.15) is 6.10 Å². The van der Waals surface area contributed by atoms with Crippen LogP contribution in [0.5, 0.6) is 0 Å². The molecule has 4 atom stereocenters. The third-order valence-corrected chi connectivity index (χ3v) is 8.02. The van der Waals surface area contributed by atoms with E-state index in [0.717, 1.165) is 23.4 Å². The Kier molecular flexibility index (Phi) is 12.2. The largest absolute Gasteiger partial charge is 0.481 e. The lowest BCUT2D eigenvalue weighted by Gasteiger charge is -2.41. The summed E-state index contributed by atoms with van der Waals surface area (Å²) in [6, 6.07) is 16.3. The first-order valence-corrected chi connectivity index (χ1v) is 13.7. The van der Waals surface area contributed by atoms with E-state index in [4.69, 9.17) is 33.0 Å². The molecule has 6 nitrogen and oxygen atoms in total. The number of carbonyl (C=O) groups excluding carboxylic acids is 1. The highest BCUT2D eigenvalue weighted by atomic mass is 35.5. The van der Waals surface area contributed by atoms with Gasteiger partial charge in [-0.2, -0.15) is 0 Å². The van der Waals surface area contributed by atoms with Gasteiger partial charge in [0, 0.05) is 32.6 Å². The number of halogens is 2. The van der Waals surface area contributed by atoms with E-state index in [-0.39, 0.29) is 35.5 Å². The second-order valence-electron chi connectivity index (χ2n) is 8.56. The van der Waals surface area contributed by atoms with E-state index < -0.39 is 22.9 Å². The topological polar surface area (TPSA) is 83.9 Å². The van der Waals surface area contributed by atoms with E-state index in [0.29, 0.717) is 11.6 Å². The van der Waals surface area contributed by atoms with E-state index in [1.807, 2.05) is 63.2 Å². The van der Waals surface area contributed by atoms with E-state index in [1.165, 1.54) is 0 Å². The van der Waals surface area contributed by atoms with Crippen molar-refractivity contribution < 1.29 is 23.6 Å². The molecule has 1 amide bonds. The first-order chi connectivity index (χ1) is 16.6. The summed E-state index contributed by atoms with van der Waals surface area (Å²) in [5.41, 5.74) is 0.858. The van der Waals surface area contributed by atoms with Gasteiger partial charge in [-0.25, -0.2) is 0 Å². The lowest BCUT2D eigenvalue weighted by molar-refractivity contribution is -0.165. The van der Waals surface area contributed by atoms with Gasteiger partial charge in [-0.1, -0.05) is 80.7 Å². The number of amides is 1. The van der Waals surface area contributed by atoms with E-state index in [1.54, 1.807) is 17.0 Å². The molecule has 0 saturated carbocycles. The van der Waals surface area contributed by atoms with Crippen molar-refractivity contribution in [3.8, 4) is 0 Å². The van der Waals surface area contributed by atoms with Gasteiger partial charge >= 0.3 is 5.97 Å². The molecular weight excluding hydrogens is 509 g/mol. The minimum atomic E-state index is -1.10. The van der Waals surface area contributed by atoms with Crippen LogP contribution in [-0.4, -0.2) is 55.8 Å². The summed E-state index contributed by atoms with van der Waals surface area (Å²) in [6.45, 7) is 6.34. The van der Waals surface area contributed by atoms with Crippen LogP contribution in [0.3, 0.4) is 0 Å². The Bertz CT molecular complexity index is 971. The van der Waals surface area contributed by atoms with Crippen molar-refractivity contribution in [2.75, 3.05) is 13.2 Å². The number of ether oxygens (including phenoxy) is 1. The number of carboxylic acid groups (broad SMARTS) is 1. The zero-order chi connectivity index (χ0) is 26.0. The second kappa shape index (κ2) is 14.6. The minimum Gasteiger partial charge on any atom is -0.481 e. The molecule has 9 heteroatoms. The smallest absolute Gasteiger partial charge is 0.306 e. The van der Waals surface area contributed by atoms with Gasteiger partial charge in [0.05, 0.1) is 24.3 Å². The van der Waals surface area contributed by atoms with Gasteiger partial charge < -0.3 is 14.7 Å². The van der Waals surface area contributed by atoms with Crippen LogP contribution >= 0.6 is 23.2 Å². The summed E-state index contributed by atoms with van der Waals surface area (Å²) in [6.07, 6.45) is 0.183. The molecule has 2 aromatic carbocycles. The number of hydrogen-bond acceptors (Lipinski definition) is 4. The minimum absolute atomic E-state index is 0.0171. The molecule has 192 valence electrons. The van der Waals surface area contributed by atoms with Crippen LogP contribution in [0.15, 0.2) is 54.6 Å². The maximum absolute atomic E-state index is 13.1. The van der Waals surface area contributed by atoms with Crippen molar-refractivity contribution in [1.29, 1.82) is 0 Å². The van der Waals surface area contributed by atoms with Crippen LogP contribution in [0.1, 0.15) is 51.6 Å². The lowest BCUT2D eigenvalue weighted by Crippen LogP contribution is -2.53. The van der Waals surface area contributed by atoms with Crippen molar-refractivity contribution in [3.05, 3.63) is 70.2 Å². The van der Waals surface area contributed by atoms with Crippen LogP contribution < -0.4 is 0 Å². The van der Waals surface area contributed by atoms with Crippen molar-refractivity contribution in [2.45, 2.75) is 62.7 Å². The van der Waals surface area contributed by atoms with Crippen LogP contribution in [0, 0.1) is 0 Å². The normalized spacial score (nSPS) is 19.6. The summed E-state index contributed by atoms with van der Waals surface area (Å²) in [5.74, 6) is -1.45. The highest BCUT2D eigenvalue weighted by molar-refractivity contribution is 7.86. The highest BCUT2D eigenvalue weighted by Gasteiger charge is 2.39. The Morgan fingerprint density at radius 3 is 2.20 bits per heavy atom. The molecular formula is C26H33Cl2NO5S. The zero-order valence-electron chi connectivity index (χ0n) is 20.2. The van der Waals surface area contributed by atoms with Crippen LogP contribution in [0.25, 0.3) is 0 Å². The van der Waals surface area contributed by atoms with Gasteiger partial charge in [-0.05, 0) is 36.2 Å². The van der Waals surface area contributed by atoms with Crippen molar-refractivity contribution in [3.63, 3.8) is 0 Å². The number of morpholine rings is 1. The Labute approximate surface area is 220 Å². The lowest BCUT2D eigenvalue weighted by atomic mass is 10.0. The number of nitrogens with zero attached hydrogens (tertiary/aromatic N) is 1. The quantitative estimate of drug-likeness (QED) is 0.436. The third-order valence-electron chi connectivity index (χ3n) is 5.54. The Morgan fingerprint density at radius 2 is 1.71 bits per heavy atom. The Balaban J connectivity index is 0.000000527. The van der Waals surface area contributed by atoms with E-state index in [9.17, 15) is 13.8 Å². The highest BCUT2D eigenvalue weighted by Crippen LogP contribution is 2.30. The molecule has 1 N–H and O–H groups in total. The standard InChI is InChI=1S/C20H28ClNO5S.C6H5Cl/c1-4-5-16(28(26)13(2)3)11-22-17(14-6-8-15(21)9-7-14)12-27-18(20(22)25)10-19(23)24;7-6-4-2-1-3-5-6/h6-9,13,16-18H,4-5,10-12H2,1-3H3,(H,23,24);1-5H. The molecule has 0 aromatic heterocycles. The van der Waals surface area contributed by atoms with Gasteiger partial charge in [-0.3, -0.25) is 13.8 Å². The number of aliphatic carboxylic acids is 1. The predicted molar refractivity (Wildman–Crippen MR) is 141 cm³/mol. The van der Waals surface area contributed by atoms with Crippen molar-refractivity contribution in [1.82, 2.24) is 4.90 Å². The summed E-state index contributed by atoms with van der Waals surface area (Å²) >= 11 is 11.5. The molecule has 0 bridgehead atoms. The van der Waals surface area contributed by atoms with E-state index in [2.05, 4.69) is 0 Å². The predicted octanol–water partition coefficient (Wildman–Crippen LogP) is 5.75. The third kappa shape index (κ3) is 9.22. The van der Waals surface area contributed by atoms with Gasteiger partial charge in [0.2, 0.25) is 0 Å². The number of rotatable bonds is 9. The van der Waals surface area contributed by atoms with Gasteiger partial charge in [-0.15, -0.1) is 0 Å². The molecule has 35 heavy (non-hydrogen) atoms. The number of benzene rings is 2. The fourth-order valence-corrected chi connectivity index (χ4v) is 5.63. The Hall–Kier alpha value is -1.93. The first-order valence-electron chi connectivity index (χ1n) is 11.6. The molecule has 1 fully saturated rings. The molecule has 1 saturated heterocycles. The fourth-order valence-electron chi connectivity index (χ4n) is 3.81. The fraction of sp³-hybridized carbons (Fsp3) is 0.462. The zero-order valence-corrected chi connectivity index (χ0v) is 22.6.